The fourth-order valence-electron chi connectivity index (χ4n) is 2.49. The summed E-state index contributed by atoms with van der Waals surface area (Å²) in [5.74, 6) is -1.07. The molecule has 0 aliphatic carbocycles. The molecule has 1 atom stereocenters. The van der Waals surface area contributed by atoms with E-state index < -0.39 is 24.2 Å². The van der Waals surface area contributed by atoms with E-state index in [0.29, 0.717) is 10.6 Å². The molecule has 0 spiro atoms. The molecule has 1 unspecified atom stereocenters. The fraction of sp³-hybridized carbons (Fsp3) is 0.176. The second-order valence-electron chi connectivity index (χ2n) is 5.53. The zero-order valence-electron chi connectivity index (χ0n) is 12.7. The molecule has 3 rings (SSSR count). The Morgan fingerprint density at radius 2 is 1.72 bits per heavy atom. The summed E-state index contributed by atoms with van der Waals surface area (Å²) in [6, 6.07) is 13.4. The van der Waals surface area contributed by atoms with E-state index in [1.165, 1.54) is 24.3 Å². The minimum atomic E-state index is -5.07. The number of aliphatic hydroxyl groups is 1. The van der Waals surface area contributed by atoms with Crippen molar-refractivity contribution in [2.45, 2.75) is 18.3 Å². The minimum absolute atomic E-state index is 0.0252. The Hall–Kier alpha value is -2.38. The van der Waals surface area contributed by atoms with Crippen molar-refractivity contribution >= 4 is 23.2 Å². The maximum absolute atomic E-state index is 13.5. The topological polar surface area (TPSA) is 52.9 Å². The van der Waals surface area contributed by atoms with E-state index in [1.807, 2.05) is 0 Å². The first-order valence-electron chi connectivity index (χ1n) is 7.24. The van der Waals surface area contributed by atoms with Gasteiger partial charge in [-0.25, -0.2) is 0 Å². The first-order valence-corrected chi connectivity index (χ1v) is 7.62. The highest BCUT2D eigenvalue weighted by atomic mass is 35.5. The van der Waals surface area contributed by atoms with Crippen LogP contribution in [-0.4, -0.2) is 33.6 Å². The maximum atomic E-state index is 13.5. The van der Waals surface area contributed by atoms with Gasteiger partial charge in [-0.3, -0.25) is 4.79 Å². The fourth-order valence-corrected chi connectivity index (χ4v) is 2.61. The summed E-state index contributed by atoms with van der Waals surface area (Å²) in [5.41, 5.74) is -3.10. The van der Waals surface area contributed by atoms with Gasteiger partial charge in [-0.2, -0.15) is 23.3 Å². The average Bonchev–Trinajstić information content (AvgIpc) is 2.95. The molecular formula is C17H12ClF3N2O2. The van der Waals surface area contributed by atoms with E-state index in [1.54, 1.807) is 30.3 Å². The molecule has 2 aromatic carbocycles. The normalized spacial score (nSPS) is 20.5. The molecule has 1 aliphatic rings. The highest BCUT2D eigenvalue weighted by Gasteiger charge is 2.63. The molecule has 0 saturated heterocycles. The lowest BCUT2D eigenvalue weighted by molar-refractivity contribution is -0.297. The minimum Gasteiger partial charge on any atom is -0.362 e. The van der Waals surface area contributed by atoms with Crippen LogP contribution in [0.25, 0.3) is 0 Å². The lowest BCUT2D eigenvalue weighted by Crippen LogP contribution is -2.56. The van der Waals surface area contributed by atoms with Crippen LogP contribution < -0.4 is 0 Å². The number of hydrogen-bond donors (Lipinski definition) is 1. The lowest BCUT2D eigenvalue weighted by Gasteiger charge is -2.32. The van der Waals surface area contributed by atoms with Crippen molar-refractivity contribution in [3.8, 4) is 0 Å². The van der Waals surface area contributed by atoms with Crippen LogP contribution in [-0.2, 0) is 0 Å². The summed E-state index contributed by atoms with van der Waals surface area (Å²) in [7, 11) is 0. The molecule has 25 heavy (non-hydrogen) atoms. The molecule has 1 amide bonds. The van der Waals surface area contributed by atoms with Crippen molar-refractivity contribution in [1.29, 1.82) is 0 Å². The zero-order chi connectivity index (χ0) is 18.2. The van der Waals surface area contributed by atoms with Gasteiger partial charge < -0.3 is 5.11 Å². The van der Waals surface area contributed by atoms with Crippen LogP contribution in [0.1, 0.15) is 22.3 Å². The van der Waals surface area contributed by atoms with E-state index in [-0.39, 0.29) is 16.3 Å². The second-order valence-corrected chi connectivity index (χ2v) is 5.96. The molecule has 1 heterocycles. The van der Waals surface area contributed by atoms with Crippen LogP contribution in [0.3, 0.4) is 0 Å². The summed E-state index contributed by atoms with van der Waals surface area (Å²) in [6.07, 6.45) is -5.92. The summed E-state index contributed by atoms with van der Waals surface area (Å²) in [6.45, 7) is 0. The standard InChI is InChI=1S/C17H12ClF3N2O2/c18-13-8-6-12(7-9-13)15(24)23-16(25,17(19,20)21)10-14(22-23)11-4-2-1-3-5-11/h1-9,25H,10H2. The Bertz CT molecular complexity index is 822. The van der Waals surface area contributed by atoms with Crippen molar-refractivity contribution in [1.82, 2.24) is 5.01 Å². The number of hydrazone groups is 1. The summed E-state index contributed by atoms with van der Waals surface area (Å²) in [5, 5.41) is 14.4. The molecule has 4 nitrogen and oxygen atoms in total. The Balaban J connectivity index is 2.04. The quantitative estimate of drug-likeness (QED) is 0.875. The molecule has 0 saturated carbocycles. The Morgan fingerprint density at radius 1 is 1.12 bits per heavy atom. The number of nitrogens with zero attached hydrogens (tertiary/aromatic N) is 2. The van der Waals surface area contributed by atoms with E-state index in [4.69, 9.17) is 11.6 Å². The SMILES string of the molecule is O=C(c1ccc(Cl)cc1)N1N=C(c2ccccc2)CC1(O)C(F)(F)F. The van der Waals surface area contributed by atoms with Gasteiger partial charge in [0.1, 0.15) is 0 Å². The summed E-state index contributed by atoms with van der Waals surface area (Å²) in [4.78, 5) is 12.5. The van der Waals surface area contributed by atoms with E-state index in [2.05, 4.69) is 5.10 Å². The third-order valence-electron chi connectivity index (χ3n) is 3.83. The third-order valence-corrected chi connectivity index (χ3v) is 4.08. The van der Waals surface area contributed by atoms with Crippen molar-refractivity contribution in [3.05, 3.63) is 70.7 Å². The van der Waals surface area contributed by atoms with Gasteiger partial charge in [0.2, 0.25) is 0 Å². The maximum Gasteiger partial charge on any atom is 0.438 e. The number of benzene rings is 2. The zero-order valence-corrected chi connectivity index (χ0v) is 13.4. The molecule has 1 aliphatic heterocycles. The first-order chi connectivity index (χ1) is 11.7. The summed E-state index contributed by atoms with van der Waals surface area (Å²) < 4.78 is 40.5. The van der Waals surface area contributed by atoms with Gasteiger partial charge in [0.05, 0.1) is 12.1 Å². The van der Waals surface area contributed by atoms with Gasteiger partial charge in [0, 0.05) is 10.6 Å². The molecule has 2 aromatic rings. The lowest BCUT2D eigenvalue weighted by atomic mass is 10.0. The van der Waals surface area contributed by atoms with Crippen molar-refractivity contribution in [2.75, 3.05) is 0 Å². The number of carbonyl (C=O) groups is 1. The monoisotopic (exact) mass is 368 g/mol. The molecule has 0 fully saturated rings. The Labute approximate surface area is 146 Å². The van der Waals surface area contributed by atoms with Crippen molar-refractivity contribution in [2.24, 2.45) is 5.10 Å². The van der Waals surface area contributed by atoms with Gasteiger partial charge in [0.25, 0.3) is 11.6 Å². The number of alkyl halides is 3. The second kappa shape index (κ2) is 6.16. The molecule has 8 heteroatoms. The van der Waals surface area contributed by atoms with E-state index in [9.17, 15) is 23.1 Å². The number of carbonyl (C=O) groups excluding carboxylic acids is 1. The van der Waals surface area contributed by atoms with Crippen LogP contribution in [0.5, 0.6) is 0 Å². The van der Waals surface area contributed by atoms with Gasteiger partial charge in [-0.05, 0) is 29.8 Å². The van der Waals surface area contributed by atoms with Crippen LogP contribution in [0.2, 0.25) is 5.02 Å². The molecular weight excluding hydrogens is 357 g/mol. The highest BCUT2D eigenvalue weighted by molar-refractivity contribution is 6.30. The molecule has 130 valence electrons. The van der Waals surface area contributed by atoms with E-state index >= 15 is 0 Å². The van der Waals surface area contributed by atoms with Crippen LogP contribution in [0, 0.1) is 0 Å². The van der Waals surface area contributed by atoms with Crippen LogP contribution >= 0.6 is 11.6 Å². The predicted molar refractivity (Wildman–Crippen MR) is 86.2 cm³/mol. The largest absolute Gasteiger partial charge is 0.438 e. The van der Waals surface area contributed by atoms with Crippen LogP contribution in [0.15, 0.2) is 59.7 Å². The number of amides is 1. The first kappa shape index (κ1) is 17.4. The summed E-state index contributed by atoms with van der Waals surface area (Å²) >= 11 is 5.73. The van der Waals surface area contributed by atoms with Crippen molar-refractivity contribution < 1.29 is 23.1 Å². The average molecular weight is 369 g/mol. The highest BCUT2D eigenvalue weighted by Crippen LogP contribution is 2.42. The van der Waals surface area contributed by atoms with Gasteiger partial charge in [0.15, 0.2) is 0 Å². The predicted octanol–water partition coefficient (Wildman–Crippen LogP) is 3.84. The third kappa shape index (κ3) is 3.12. The Morgan fingerprint density at radius 3 is 2.28 bits per heavy atom. The number of hydrogen-bond acceptors (Lipinski definition) is 3. The molecule has 1 N–H and O–H groups in total. The molecule has 0 bridgehead atoms. The Kier molecular flexibility index (Phi) is 4.30. The van der Waals surface area contributed by atoms with Gasteiger partial charge in [-0.15, -0.1) is 0 Å². The number of halogens is 4. The molecule has 0 radical (unpaired) electrons. The van der Waals surface area contributed by atoms with Gasteiger partial charge >= 0.3 is 6.18 Å². The molecule has 0 aromatic heterocycles. The smallest absolute Gasteiger partial charge is 0.362 e. The van der Waals surface area contributed by atoms with Crippen LogP contribution in [0.4, 0.5) is 13.2 Å². The van der Waals surface area contributed by atoms with E-state index in [0.717, 1.165) is 0 Å². The van der Waals surface area contributed by atoms with Gasteiger partial charge in [-0.1, -0.05) is 41.9 Å². The number of rotatable bonds is 2. The van der Waals surface area contributed by atoms with Crippen molar-refractivity contribution in [3.63, 3.8) is 0 Å².